The molecule has 3 N–H and O–H groups in total. The summed E-state index contributed by atoms with van der Waals surface area (Å²) in [6, 6.07) is 6.53. The Bertz CT molecular complexity index is 593. The van der Waals surface area contributed by atoms with Crippen molar-refractivity contribution in [2.24, 2.45) is 10.9 Å². The van der Waals surface area contributed by atoms with E-state index in [2.05, 4.69) is 5.16 Å². The molecule has 1 heterocycles. The van der Waals surface area contributed by atoms with Crippen LogP contribution in [0, 0.1) is 11.6 Å². The van der Waals surface area contributed by atoms with E-state index in [0.29, 0.717) is 5.69 Å². The maximum atomic E-state index is 13.5. The van der Waals surface area contributed by atoms with E-state index >= 15 is 0 Å². The molecule has 0 bridgehead atoms. The van der Waals surface area contributed by atoms with E-state index in [1.807, 2.05) is 0 Å². The third-order valence-electron chi connectivity index (χ3n) is 2.55. The van der Waals surface area contributed by atoms with Crippen molar-refractivity contribution in [2.45, 2.75) is 6.54 Å². The normalized spacial score (nSPS) is 11.8. The molecule has 0 atom stereocenters. The van der Waals surface area contributed by atoms with E-state index in [9.17, 15) is 8.78 Å². The van der Waals surface area contributed by atoms with Crippen LogP contribution in [0.4, 0.5) is 8.78 Å². The first-order chi connectivity index (χ1) is 8.61. The Morgan fingerprint density at radius 3 is 2.83 bits per heavy atom. The molecule has 6 heteroatoms. The number of hydrogen-bond acceptors (Lipinski definition) is 2. The maximum absolute atomic E-state index is 13.5. The zero-order valence-electron chi connectivity index (χ0n) is 9.35. The molecule has 0 saturated heterocycles. The van der Waals surface area contributed by atoms with Crippen molar-refractivity contribution in [3.8, 4) is 0 Å². The van der Waals surface area contributed by atoms with Crippen molar-refractivity contribution in [3.63, 3.8) is 0 Å². The number of benzene rings is 1. The van der Waals surface area contributed by atoms with Crippen LogP contribution < -0.4 is 5.73 Å². The van der Waals surface area contributed by atoms with Crippen LogP contribution in [0.15, 0.2) is 41.7 Å². The van der Waals surface area contributed by atoms with Gasteiger partial charge in [-0.25, -0.2) is 8.78 Å². The minimum atomic E-state index is -0.510. The second kappa shape index (κ2) is 4.87. The molecule has 94 valence electrons. The summed E-state index contributed by atoms with van der Waals surface area (Å²) in [6.45, 7) is 0.0994. The van der Waals surface area contributed by atoms with Crippen LogP contribution in [-0.4, -0.2) is 15.6 Å². The van der Waals surface area contributed by atoms with Crippen molar-refractivity contribution >= 4 is 5.84 Å². The minimum Gasteiger partial charge on any atom is -0.409 e. The molecule has 0 aliphatic rings. The van der Waals surface area contributed by atoms with Gasteiger partial charge in [0.15, 0.2) is 5.84 Å². The summed E-state index contributed by atoms with van der Waals surface area (Å²) in [4.78, 5) is 0. The topological polar surface area (TPSA) is 63.5 Å². The lowest BCUT2D eigenvalue weighted by molar-refractivity contribution is 0.318. The summed E-state index contributed by atoms with van der Waals surface area (Å²) in [7, 11) is 0. The van der Waals surface area contributed by atoms with Crippen LogP contribution in [-0.2, 0) is 6.54 Å². The van der Waals surface area contributed by atoms with Crippen molar-refractivity contribution in [1.82, 2.24) is 4.57 Å². The molecule has 0 radical (unpaired) electrons. The van der Waals surface area contributed by atoms with Crippen LogP contribution in [0.2, 0.25) is 0 Å². The van der Waals surface area contributed by atoms with Gasteiger partial charge in [0, 0.05) is 11.8 Å². The molecule has 2 rings (SSSR count). The number of aromatic nitrogens is 1. The lowest BCUT2D eigenvalue weighted by Crippen LogP contribution is -2.18. The summed E-state index contributed by atoms with van der Waals surface area (Å²) in [5.74, 6) is -1.10. The third kappa shape index (κ3) is 2.32. The van der Waals surface area contributed by atoms with Crippen LogP contribution in [0.5, 0.6) is 0 Å². The second-order valence-electron chi connectivity index (χ2n) is 3.74. The molecule has 0 unspecified atom stereocenters. The van der Waals surface area contributed by atoms with Gasteiger partial charge in [-0.3, -0.25) is 0 Å². The van der Waals surface area contributed by atoms with Crippen molar-refractivity contribution in [1.29, 1.82) is 0 Å². The molecule has 0 amide bonds. The summed E-state index contributed by atoms with van der Waals surface area (Å²) in [5.41, 5.74) is 6.10. The maximum Gasteiger partial charge on any atom is 0.186 e. The Kier molecular flexibility index (Phi) is 3.27. The highest BCUT2D eigenvalue weighted by molar-refractivity contribution is 5.95. The molecule has 0 fully saturated rings. The lowest BCUT2D eigenvalue weighted by Gasteiger charge is -2.09. The lowest BCUT2D eigenvalue weighted by atomic mass is 10.2. The number of halogens is 2. The number of hydrogen-bond donors (Lipinski definition) is 2. The van der Waals surface area contributed by atoms with Gasteiger partial charge in [-0.1, -0.05) is 5.16 Å². The van der Waals surface area contributed by atoms with E-state index in [-0.39, 0.29) is 17.9 Å². The molecule has 18 heavy (non-hydrogen) atoms. The van der Waals surface area contributed by atoms with Crippen LogP contribution >= 0.6 is 0 Å². The molecule has 0 saturated carbocycles. The summed E-state index contributed by atoms with van der Waals surface area (Å²) in [6.07, 6.45) is 1.64. The van der Waals surface area contributed by atoms with E-state index in [1.165, 1.54) is 0 Å². The molecular weight excluding hydrogens is 240 g/mol. The average Bonchev–Trinajstić information content (AvgIpc) is 2.81. The third-order valence-corrected chi connectivity index (χ3v) is 2.55. The zero-order chi connectivity index (χ0) is 13.1. The largest absolute Gasteiger partial charge is 0.409 e. The highest BCUT2D eigenvalue weighted by Crippen LogP contribution is 2.13. The Morgan fingerprint density at radius 2 is 2.11 bits per heavy atom. The van der Waals surface area contributed by atoms with Crippen molar-refractivity contribution in [3.05, 3.63) is 59.4 Å². The number of rotatable bonds is 3. The van der Waals surface area contributed by atoms with Gasteiger partial charge in [0.05, 0.1) is 12.2 Å². The molecule has 2 aromatic rings. The predicted molar refractivity (Wildman–Crippen MR) is 62.4 cm³/mol. The second-order valence-corrected chi connectivity index (χ2v) is 3.74. The Hall–Kier alpha value is -2.37. The highest BCUT2D eigenvalue weighted by Gasteiger charge is 2.09. The van der Waals surface area contributed by atoms with Crippen LogP contribution in [0.3, 0.4) is 0 Å². The summed E-state index contributed by atoms with van der Waals surface area (Å²) < 4.78 is 28.1. The van der Waals surface area contributed by atoms with E-state index < -0.39 is 11.6 Å². The van der Waals surface area contributed by atoms with E-state index in [1.54, 1.807) is 22.9 Å². The van der Waals surface area contributed by atoms with Gasteiger partial charge in [-0.05, 0) is 30.3 Å². The zero-order valence-corrected chi connectivity index (χ0v) is 9.35. The highest BCUT2D eigenvalue weighted by atomic mass is 19.1. The minimum absolute atomic E-state index is 0.0863. The number of nitrogens with two attached hydrogens (primary N) is 1. The molecule has 4 nitrogen and oxygen atoms in total. The molecule has 0 spiro atoms. The fourth-order valence-corrected chi connectivity index (χ4v) is 1.68. The van der Waals surface area contributed by atoms with Gasteiger partial charge in [-0.2, -0.15) is 0 Å². The smallest absolute Gasteiger partial charge is 0.186 e. The Morgan fingerprint density at radius 1 is 1.33 bits per heavy atom. The first kappa shape index (κ1) is 12.1. The van der Waals surface area contributed by atoms with Gasteiger partial charge in [0.2, 0.25) is 0 Å². The summed E-state index contributed by atoms with van der Waals surface area (Å²) in [5, 5.41) is 11.5. The van der Waals surface area contributed by atoms with E-state index in [4.69, 9.17) is 10.9 Å². The fourth-order valence-electron chi connectivity index (χ4n) is 1.68. The first-order valence-corrected chi connectivity index (χ1v) is 5.19. The van der Waals surface area contributed by atoms with E-state index in [0.717, 1.165) is 18.2 Å². The number of amidine groups is 1. The molecule has 0 aliphatic heterocycles. The average molecular weight is 251 g/mol. The van der Waals surface area contributed by atoms with Gasteiger partial charge in [0.1, 0.15) is 11.6 Å². The monoisotopic (exact) mass is 251 g/mol. The van der Waals surface area contributed by atoms with Gasteiger partial charge >= 0.3 is 0 Å². The Balaban J connectivity index is 2.35. The quantitative estimate of drug-likeness (QED) is 0.379. The molecular formula is C12H11F2N3O. The van der Waals surface area contributed by atoms with Crippen LogP contribution in [0.1, 0.15) is 11.3 Å². The molecule has 1 aromatic carbocycles. The number of oxime groups is 1. The van der Waals surface area contributed by atoms with Gasteiger partial charge < -0.3 is 15.5 Å². The standard InChI is InChI=1S/C12H11F2N3O/c13-9-3-4-10(14)8(6-9)7-17-5-1-2-11(17)12(15)16-18/h1-6,18H,7H2,(H2,15,16). The SMILES string of the molecule is N/C(=N/O)c1cccn1Cc1cc(F)ccc1F. The molecule has 0 aliphatic carbocycles. The van der Waals surface area contributed by atoms with Crippen molar-refractivity contribution < 1.29 is 14.0 Å². The summed E-state index contributed by atoms with van der Waals surface area (Å²) >= 11 is 0. The molecule has 1 aromatic heterocycles. The van der Waals surface area contributed by atoms with Crippen LogP contribution in [0.25, 0.3) is 0 Å². The van der Waals surface area contributed by atoms with Gasteiger partial charge in [-0.15, -0.1) is 0 Å². The Labute approximate surface area is 102 Å². The first-order valence-electron chi connectivity index (χ1n) is 5.19. The van der Waals surface area contributed by atoms with Crippen molar-refractivity contribution in [2.75, 3.05) is 0 Å². The predicted octanol–water partition coefficient (Wildman–Crippen LogP) is 1.91. The van der Waals surface area contributed by atoms with Gasteiger partial charge in [0.25, 0.3) is 0 Å². The number of nitrogens with zero attached hydrogens (tertiary/aromatic N) is 2. The fraction of sp³-hybridized carbons (Fsp3) is 0.0833.